The molecule has 2 amide bonds. The SMILES string of the molecule is O=C(NC1CC1)C1CC(=O)N(CC2CCCO2)C1. The molecule has 18 heavy (non-hydrogen) atoms. The molecule has 2 saturated heterocycles. The van der Waals surface area contributed by atoms with E-state index in [-0.39, 0.29) is 23.8 Å². The molecule has 3 rings (SSSR count). The standard InChI is InChI=1S/C13H20N2O3/c16-12-6-9(13(17)14-10-3-4-10)7-15(12)8-11-2-1-5-18-11/h9-11H,1-8H2,(H,14,17). The van der Waals surface area contributed by atoms with Gasteiger partial charge < -0.3 is 15.0 Å². The van der Waals surface area contributed by atoms with Gasteiger partial charge in [0.1, 0.15) is 0 Å². The second-order valence-corrected chi connectivity index (χ2v) is 5.62. The third kappa shape index (κ3) is 2.66. The zero-order valence-electron chi connectivity index (χ0n) is 10.6. The van der Waals surface area contributed by atoms with Crippen LogP contribution in [0.3, 0.4) is 0 Å². The molecule has 5 nitrogen and oxygen atoms in total. The number of ether oxygens (including phenoxy) is 1. The number of amides is 2. The van der Waals surface area contributed by atoms with Gasteiger partial charge in [0.2, 0.25) is 11.8 Å². The maximum absolute atomic E-state index is 11.9. The molecule has 3 aliphatic rings. The molecule has 0 bridgehead atoms. The van der Waals surface area contributed by atoms with E-state index in [1.807, 2.05) is 0 Å². The number of rotatable bonds is 4. The van der Waals surface area contributed by atoms with Gasteiger partial charge in [-0.1, -0.05) is 0 Å². The Hall–Kier alpha value is -1.10. The monoisotopic (exact) mass is 252 g/mol. The van der Waals surface area contributed by atoms with Crippen LogP contribution >= 0.6 is 0 Å². The molecule has 1 N–H and O–H groups in total. The highest BCUT2D eigenvalue weighted by Crippen LogP contribution is 2.24. The Bertz CT molecular complexity index is 348. The Morgan fingerprint density at radius 2 is 2.22 bits per heavy atom. The number of hydrogen-bond acceptors (Lipinski definition) is 3. The first kappa shape index (κ1) is 12.0. The van der Waals surface area contributed by atoms with Crippen molar-refractivity contribution in [3.8, 4) is 0 Å². The molecule has 100 valence electrons. The number of nitrogens with one attached hydrogen (secondary N) is 1. The van der Waals surface area contributed by atoms with Crippen LogP contribution in [0.15, 0.2) is 0 Å². The molecule has 5 heteroatoms. The van der Waals surface area contributed by atoms with Gasteiger partial charge in [0.15, 0.2) is 0 Å². The Morgan fingerprint density at radius 3 is 2.89 bits per heavy atom. The van der Waals surface area contributed by atoms with Crippen molar-refractivity contribution < 1.29 is 14.3 Å². The fourth-order valence-corrected chi connectivity index (χ4v) is 2.71. The molecule has 0 aromatic rings. The van der Waals surface area contributed by atoms with Crippen molar-refractivity contribution in [2.45, 2.75) is 44.2 Å². The van der Waals surface area contributed by atoms with Gasteiger partial charge in [-0.25, -0.2) is 0 Å². The predicted molar refractivity (Wildman–Crippen MR) is 64.8 cm³/mol. The van der Waals surface area contributed by atoms with Gasteiger partial charge in [0, 0.05) is 32.2 Å². The normalized spacial score (nSPS) is 32.0. The quantitative estimate of drug-likeness (QED) is 0.782. The van der Waals surface area contributed by atoms with E-state index in [9.17, 15) is 9.59 Å². The summed E-state index contributed by atoms with van der Waals surface area (Å²) in [4.78, 5) is 25.6. The van der Waals surface area contributed by atoms with E-state index in [1.54, 1.807) is 4.90 Å². The summed E-state index contributed by atoms with van der Waals surface area (Å²) in [5, 5.41) is 2.98. The average Bonchev–Trinajstić information content (AvgIpc) is 2.87. The molecule has 2 unspecified atom stereocenters. The summed E-state index contributed by atoms with van der Waals surface area (Å²) >= 11 is 0. The molecule has 3 fully saturated rings. The Kier molecular flexibility index (Phi) is 3.24. The van der Waals surface area contributed by atoms with Crippen LogP contribution in [0.2, 0.25) is 0 Å². The minimum atomic E-state index is -0.153. The molecule has 0 spiro atoms. The molecule has 2 aliphatic heterocycles. The second-order valence-electron chi connectivity index (χ2n) is 5.62. The highest BCUT2D eigenvalue weighted by molar-refractivity contribution is 5.89. The van der Waals surface area contributed by atoms with Crippen molar-refractivity contribution in [3.63, 3.8) is 0 Å². The lowest BCUT2D eigenvalue weighted by Crippen LogP contribution is -2.36. The summed E-state index contributed by atoms with van der Waals surface area (Å²) in [5.74, 6) is 0.00152. The van der Waals surface area contributed by atoms with Gasteiger partial charge in [-0.05, 0) is 25.7 Å². The fourth-order valence-electron chi connectivity index (χ4n) is 2.71. The van der Waals surface area contributed by atoms with E-state index in [0.29, 0.717) is 25.6 Å². The number of nitrogens with zero attached hydrogens (tertiary/aromatic N) is 1. The topological polar surface area (TPSA) is 58.6 Å². The molecular formula is C13H20N2O3. The molecule has 0 aromatic heterocycles. The van der Waals surface area contributed by atoms with E-state index in [0.717, 1.165) is 32.3 Å². The molecule has 0 aromatic carbocycles. The van der Waals surface area contributed by atoms with Crippen molar-refractivity contribution in [3.05, 3.63) is 0 Å². The summed E-state index contributed by atoms with van der Waals surface area (Å²) in [6, 6.07) is 0.375. The van der Waals surface area contributed by atoms with Gasteiger partial charge in [0.25, 0.3) is 0 Å². The van der Waals surface area contributed by atoms with Gasteiger partial charge in [-0.3, -0.25) is 9.59 Å². The smallest absolute Gasteiger partial charge is 0.225 e. The minimum absolute atomic E-state index is 0.0562. The van der Waals surface area contributed by atoms with Crippen LogP contribution in [0.5, 0.6) is 0 Å². The Balaban J connectivity index is 1.50. The third-order valence-corrected chi connectivity index (χ3v) is 3.96. The number of carbonyl (C=O) groups is 2. The van der Waals surface area contributed by atoms with Crippen LogP contribution in [-0.4, -0.2) is 48.6 Å². The molecule has 0 radical (unpaired) electrons. The molecule has 2 atom stereocenters. The summed E-state index contributed by atoms with van der Waals surface area (Å²) < 4.78 is 5.54. The minimum Gasteiger partial charge on any atom is -0.376 e. The van der Waals surface area contributed by atoms with Gasteiger partial charge in [-0.2, -0.15) is 0 Å². The van der Waals surface area contributed by atoms with E-state index in [4.69, 9.17) is 4.74 Å². The molecule has 1 aliphatic carbocycles. The van der Waals surface area contributed by atoms with Crippen LogP contribution in [-0.2, 0) is 14.3 Å². The summed E-state index contributed by atoms with van der Waals surface area (Å²) in [7, 11) is 0. The van der Waals surface area contributed by atoms with Crippen molar-refractivity contribution >= 4 is 11.8 Å². The number of carbonyl (C=O) groups excluding carboxylic acids is 2. The molecule has 1 saturated carbocycles. The van der Waals surface area contributed by atoms with Crippen molar-refractivity contribution in [1.29, 1.82) is 0 Å². The zero-order chi connectivity index (χ0) is 12.5. The maximum Gasteiger partial charge on any atom is 0.225 e. The molecular weight excluding hydrogens is 232 g/mol. The first-order valence-corrected chi connectivity index (χ1v) is 6.92. The number of hydrogen-bond donors (Lipinski definition) is 1. The summed E-state index contributed by atoms with van der Waals surface area (Å²) in [5.41, 5.74) is 0. The van der Waals surface area contributed by atoms with Crippen LogP contribution in [0.4, 0.5) is 0 Å². The van der Waals surface area contributed by atoms with Gasteiger partial charge >= 0.3 is 0 Å². The van der Waals surface area contributed by atoms with Crippen LogP contribution in [0.1, 0.15) is 32.1 Å². The van der Waals surface area contributed by atoms with E-state index >= 15 is 0 Å². The van der Waals surface area contributed by atoms with Gasteiger partial charge in [0.05, 0.1) is 12.0 Å². The number of likely N-dealkylation sites (tertiary alicyclic amines) is 1. The molecule has 2 heterocycles. The Morgan fingerprint density at radius 1 is 1.39 bits per heavy atom. The summed E-state index contributed by atoms with van der Waals surface area (Å²) in [6.45, 7) is 2.03. The van der Waals surface area contributed by atoms with Crippen molar-refractivity contribution in [2.75, 3.05) is 19.7 Å². The van der Waals surface area contributed by atoms with Crippen molar-refractivity contribution in [2.24, 2.45) is 5.92 Å². The highest BCUT2D eigenvalue weighted by Gasteiger charge is 2.37. The second kappa shape index (κ2) is 4.88. The van der Waals surface area contributed by atoms with Gasteiger partial charge in [-0.15, -0.1) is 0 Å². The first-order valence-electron chi connectivity index (χ1n) is 6.92. The van der Waals surface area contributed by atoms with E-state index < -0.39 is 0 Å². The zero-order valence-corrected chi connectivity index (χ0v) is 10.6. The third-order valence-electron chi connectivity index (χ3n) is 3.96. The predicted octanol–water partition coefficient (Wildman–Crippen LogP) is 0.292. The van der Waals surface area contributed by atoms with Crippen LogP contribution in [0.25, 0.3) is 0 Å². The highest BCUT2D eigenvalue weighted by atomic mass is 16.5. The average molecular weight is 252 g/mol. The van der Waals surface area contributed by atoms with Crippen LogP contribution < -0.4 is 5.32 Å². The lowest BCUT2D eigenvalue weighted by Gasteiger charge is -2.20. The largest absolute Gasteiger partial charge is 0.376 e. The van der Waals surface area contributed by atoms with E-state index in [2.05, 4.69) is 5.32 Å². The first-order chi connectivity index (χ1) is 8.72. The van der Waals surface area contributed by atoms with E-state index in [1.165, 1.54) is 0 Å². The summed E-state index contributed by atoms with van der Waals surface area (Å²) in [6.07, 6.45) is 4.84. The lowest BCUT2D eigenvalue weighted by atomic mass is 10.1. The maximum atomic E-state index is 11.9. The van der Waals surface area contributed by atoms with Crippen molar-refractivity contribution in [1.82, 2.24) is 10.2 Å². The van der Waals surface area contributed by atoms with Crippen LogP contribution in [0, 0.1) is 5.92 Å². The lowest BCUT2D eigenvalue weighted by molar-refractivity contribution is -0.129. The fraction of sp³-hybridized carbons (Fsp3) is 0.846. The Labute approximate surface area is 107 Å².